The third-order valence-electron chi connectivity index (χ3n) is 6.47. The number of rotatable bonds is 13. The number of hydrogen-bond donors (Lipinski definition) is 0. The second-order valence-electron chi connectivity index (χ2n) is 8.92. The number of benzene rings is 2. The van der Waals surface area contributed by atoms with Crippen LogP contribution in [0.25, 0.3) is 0 Å². The van der Waals surface area contributed by atoms with Crippen molar-refractivity contribution in [2.75, 3.05) is 20.8 Å². The van der Waals surface area contributed by atoms with Crippen molar-refractivity contribution in [1.29, 1.82) is 0 Å². The fraction of sp³-hybridized carbons (Fsp3) is 0.481. The van der Waals surface area contributed by atoms with E-state index < -0.39 is 15.3 Å². The lowest BCUT2D eigenvalue weighted by Crippen LogP contribution is -2.42. The number of sulfonamides is 1. The molecule has 0 N–H and O–H groups in total. The molecule has 1 saturated heterocycles. The van der Waals surface area contributed by atoms with Gasteiger partial charge in [0.1, 0.15) is 11.5 Å². The smallest absolute Gasteiger partial charge is 0.217 e. The van der Waals surface area contributed by atoms with Gasteiger partial charge in [-0.15, -0.1) is 6.58 Å². The number of allylic oxidation sites excluding steroid dienone is 1. The van der Waals surface area contributed by atoms with Crippen LogP contribution in [0.2, 0.25) is 0 Å². The first-order valence-electron chi connectivity index (χ1n) is 11.8. The number of ether oxygens (including phenoxy) is 3. The van der Waals surface area contributed by atoms with Crippen molar-refractivity contribution in [2.24, 2.45) is 5.92 Å². The molecule has 186 valence electrons. The first-order chi connectivity index (χ1) is 16.4. The van der Waals surface area contributed by atoms with E-state index in [1.165, 1.54) is 0 Å². The summed E-state index contributed by atoms with van der Waals surface area (Å²) in [6.45, 7) is 7.11. The highest BCUT2D eigenvalue weighted by atomic mass is 32.2. The molecule has 0 spiro atoms. The zero-order chi connectivity index (χ0) is 24.6. The first-order valence-corrected chi connectivity index (χ1v) is 13.3. The normalized spacial score (nSPS) is 17.9. The van der Waals surface area contributed by atoms with Gasteiger partial charge >= 0.3 is 0 Å². The maximum atomic E-state index is 14.2. The summed E-state index contributed by atoms with van der Waals surface area (Å²) in [7, 11) is -0.422. The number of hydrogen-bond acceptors (Lipinski definition) is 5. The molecule has 2 aromatic carbocycles. The predicted octanol–water partition coefficient (Wildman–Crippen LogP) is 5.19. The van der Waals surface area contributed by atoms with E-state index in [1.807, 2.05) is 55.5 Å². The number of methoxy groups -OCH3 is 2. The van der Waals surface area contributed by atoms with Gasteiger partial charge in [-0.1, -0.05) is 37.3 Å². The summed E-state index contributed by atoms with van der Waals surface area (Å²) >= 11 is 0. The fourth-order valence-electron chi connectivity index (χ4n) is 4.45. The molecule has 2 aromatic rings. The van der Waals surface area contributed by atoms with Gasteiger partial charge in [0.15, 0.2) is 0 Å². The summed E-state index contributed by atoms with van der Waals surface area (Å²) < 4.78 is 46.3. The summed E-state index contributed by atoms with van der Waals surface area (Å²) in [5.41, 5.74) is 1.82. The molecule has 1 aliphatic heterocycles. The van der Waals surface area contributed by atoms with Gasteiger partial charge in [-0.2, -0.15) is 4.31 Å². The Morgan fingerprint density at radius 1 is 1.03 bits per heavy atom. The second kappa shape index (κ2) is 12.4. The Balaban J connectivity index is 1.93. The molecule has 7 heteroatoms. The van der Waals surface area contributed by atoms with Gasteiger partial charge in [-0.05, 0) is 67.0 Å². The van der Waals surface area contributed by atoms with Crippen LogP contribution in [0.15, 0.2) is 61.2 Å². The van der Waals surface area contributed by atoms with Crippen LogP contribution in [0.1, 0.15) is 43.7 Å². The van der Waals surface area contributed by atoms with E-state index in [0.717, 1.165) is 35.5 Å². The van der Waals surface area contributed by atoms with Crippen LogP contribution in [-0.4, -0.2) is 44.9 Å². The standard InChI is InChI=1S/C27H37NO5S/c1-5-7-21(2)27(18-26-8-6-17-33-26)34(29,30)28(19-22-9-13-24(31-3)14-10-22)20-23-11-15-25(32-4)16-12-23/h5,9-16,21,26-27H,1,6-8,17-20H2,2-4H3/t21?,26-,27?/m1/s1. The molecule has 3 atom stereocenters. The molecule has 34 heavy (non-hydrogen) atoms. The molecule has 1 fully saturated rings. The third-order valence-corrected chi connectivity index (χ3v) is 8.87. The zero-order valence-electron chi connectivity index (χ0n) is 20.5. The molecule has 6 nitrogen and oxygen atoms in total. The van der Waals surface area contributed by atoms with Crippen LogP contribution >= 0.6 is 0 Å². The van der Waals surface area contributed by atoms with Crippen LogP contribution in [0.5, 0.6) is 11.5 Å². The van der Waals surface area contributed by atoms with Crippen LogP contribution in [-0.2, 0) is 27.8 Å². The van der Waals surface area contributed by atoms with E-state index in [4.69, 9.17) is 14.2 Å². The average Bonchev–Trinajstić information content (AvgIpc) is 3.36. The van der Waals surface area contributed by atoms with E-state index in [-0.39, 0.29) is 25.1 Å². The Hall–Kier alpha value is -2.35. The maximum absolute atomic E-state index is 14.2. The minimum Gasteiger partial charge on any atom is -0.497 e. The van der Waals surface area contributed by atoms with E-state index in [9.17, 15) is 8.42 Å². The Morgan fingerprint density at radius 3 is 1.97 bits per heavy atom. The van der Waals surface area contributed by atoms with Crippen LogP contribution < -0.4 is 9.47 Å². The Bertz CT molecular complexity index is 949. The molecule has 0 radical (unpaired) electrons. The lowest BCUT2D eigenvalue weighted by molar-refractivity contribution is 0.0989. The van der Waals surface area contributed by atoms with Gasteiger partial charge in [0.25, 0.3) is 0 Å². The van der Waals surface area contributed by atoms with Crippen molar-refractivity contribution in [3.63, 3.8) is 0 Å². The van der Waals surface area contributed by atoms with E-state index >= 15 is 0 Å². The molecule has 0 bridgehead atoms. The molecule has 3 rings (SSSR count). The van der Waals surface area contributed by atoms with E-state index in [0.29, 0.717) is 19.4 Å². The summed E-state index contributed by atoms with van der Waals surface area (Å²) in [4.78, 5) is 0. The second-order valence-corrected chi connectivity index (χ2v) is 11.1. The first kappa shape index (κ1) is 26.3. The van der Waals surface area contributed by atoms with Gasteiger partial charge in [0.2, 0.25) is 10.0 Å². The van der Waals surface area contributed by atoms with Gasteiger partial charge in [0, 0.05) is 19.7 Å². The van der Waals surface area contributed by atoms with Crippen molar-refractivity contribution in [2.45, 2.75) is 57.1 Å². The minimum absolute atomic E-state index is 0.0177. The molecule has 0 aromatic heterocycles. The quantitative estimate of drug-likeness (QED) is 0.364. The topological polar surface area (TPSA) is 65.1 Å². The third kappa shape index (κ3) is 6.84. The summed E-state index contributed by atoms with van der Waals surface area (Å²) in [5.74, 6) is 1.41. The molecule has 1 heterocycles. The van der Waals surface area contributed by atoms with Crippen LogP contribution in [0, 0.1) is 5.92 Å². The molecular weight excluding hydrogens is 450 g/mol. The van der Waals surface area contributed by atoms with Gasteiger partial charge in [-0.25, -0.2) is 8.42 Å². The Morgan fingerprint density at radius 2 is 1.56 bits per heavy atom. The van der Waals surface area contributed by atoms with Crippen molar-refractivity contribution < 1.29 is 22.6 Å². The molecule has 0 aliphatic carbocycles. The highest BCUT2D eigenvalue weighted by Crippen LogP contribution is 2.31. The van der Waals surface area contributed by atoms with Crippen molar-refractivity contribution in [3.05, 3.63) is 72.3 Å². The monoisotopic (exact) mass is 487 g/mol. The summed E-state index contributed by atoms with van der Waals surface area (Å²) in [5, 5.41) is -0.551. The number of nitrogens with zero attached hydrogens (tertiary/aromatic N) is 1. The SMILES string of the molecule is C=CCC(C)C(C[C@H]1CCCO1)S(=O)(=O)N(Cc1ccc(OC)cc1)Cc1ccc(OC)cc1. The largest absolute Gasteiger partial charge is 0.497 e. The fourth-order valence-corrected chi connectivity index (χ4v) is 6.65. The highest BCUT2D eigenvalue weighted by molar-refractivity contribution is 7.89. The molecule has 0 amide bonds. The van der Waals surface area contributed by atoms with Gasteiger partial charge in [0.05, 0.1) is 25.6 Å². The van der Waals surface area contributed by atoms with Crippen LogP contribution in [0.4, 0.5) is 0 Å². The van der Waals surface area contributed by atoms with Crippen molar-refractivity contribution >= 4 is 10.0 Å². The molecule has 0 saturated carbocycles. The average molecular weight is 488 g/mol. The van der Waals surface area contributed by atoms with Gasteiger partial charge in [-0.3, -0.25) is 0 Å². The van der Waals surface area contributed by atoms with E-state index in [1.54, 1.807) is 24.6 Å². The Kier molecular flexibility index (Phi) is 9.56. The summed E-state index contributed by atoms with van der Waals surface area (Å²) in [6.07, 6.45) is 4.81. The lowest BCUT2D eigenvalue weighted by atomic mass is 9.98. The maximum Gasteiger partial charge on any atom is 0.217 e. The van der Waals surface area contributed by atoms with E-state index in [2.05, 4.69) is 6.58 Å². The Labute approximate surface area is 204 Å². The highest BCUT2D eigenvalue weighted by Gasteiger charge is 2.38. The zero-order valence-corrected chi connectivity index (χ0v) is 21.3. The van der Waals surface area contributed by atoms with Crippen molar-refractivity contribution in [3.8, 4) is 11.5 Å². The molecule has 1 aliphatic rings. The molecular formula is C27H37NO5S. The summed E-state index contributed by atoms with van der Waals surface area (Å²) in [6, 6.07) is 15.1. The van der Waals surface area contributed by atoms with Crippen molar-refractivity contribution in [1.82, 2.24) is 4.31 Å². The molecule has 2 unspecified atom stereocenters. The van der Waals surface area contributed by atoms with Gasteiger partial charge < -0.3 is 14.2 Å². The minimum atomic E-state index is -3.66. The predicted molar refractivity (Wildman–Crippen MR) is 136 cm³/mol. The lowest BCUT2D eigenvalue weighted by Gasteiger charge is -2.32. The van der Waals surface area contributed by atoms with Crippen LogP contribution in [0.3, 0.4) is 0 Å².